The Hall–Kier alpha value is -5.45. The number of rotatable bonds is 12. The lowest BCUT2D eigenvalue weighted by Crippen LogP contribution is -2.47. The molecule has 3 fully saturated rings. The molecule has 20 nitrogen and oxygen atoms in total. The molecule has 2 saturated heterocycles. The number of nitrogens with two attached hydrogens (primary N) is 1. The van der Waals surface area contributed by atoms with E-state index in [1.165, 1.54) is 30.6 Å². The fourth-order valence-electron chi connectivity index (χ4n) is 7.29. The van der Waals surface area contributed by atoms with E-state index in [9.17, 15) is 43.2 Å². The van der Waals surface area contributed by atoms with Crippen LogP contribution in [0.3, 0.4) is 0 Å². The molecule has 4 heterocycles. The average molecular weight is 780 g/mol. The minimum atomic E-state index is -3.89. The molecule has 0 spiro atoms. The number of benzene rings is 2. The van der Waals surface area contributed by atoms with Gasteiger partial charge in [0.2, 0.25) is 16.0 Å². The molecule has 21 heteroatoms. The Labute approximate surface area is 314 Å². The van der Waals surface area contributed by atoms with E-state index in [4.69, 9.17) is 15.1 Å². The first-order chi connectivity index (χ1) is 26.3. The molecular weight excluding hydrogens is 739 g/mol. The van der Waals surface area contributed by atoms with Gasteiger partial charge in [0.15, 0.2) is 17.0 Å². The summed E-state index contributed by atoms with van der Waals surface area (Å²) in [5, 5.41) is 58.7. The zero-order valence-corrected chi connectivity index (χ0v) is 30.1. The van der Waals surface area contributed by atoms with E-state index in [0.717, 1.165) is 10.5 Å². The molecule has 10 N–H and O–H groups in total. The molecular formula is C34H41N11O9S. The number of nitrogens with one attached hydrogen (secondary N) is 4. The Bertz CT molecular complexity index is 2170. The summed E-state index contributed by atoms with van der Waals surface area (Å²) in [6.45, 7) is -0.131. The number of hydrogen-bond acceptors (Lipinski definition) is 14. The number of carbonyl (C=O) groups is 3. The second-order valence-corrected chi connectivity index (χ2v) is 15.3. The van der Waals surface area contributed by atoms with Crippen molar-refractivity contribution >= 4 is 56.6 Å². The van der Waals surface area contributed by atoms with Crippen molar-refractivity contribution in [2.75, 3.05) is 41.8 Å². The van der Waals surface area contributed by atoms with Gasteiger partial charge < -0.3 is 51.2 Å². The zero-order valence-electron chi connectivity index (χ0n) is 29.3. The molecule has 292 valence electrons. The second kappa shape index (κ2) is 15.4. The van der Waals surface area contributed by atoms with Crippen LogP contribution in [0.4, 0.5) is 27.0 Å². The number of carbonyl (C=O) groups excluding carboxylic acids is 3. The molecule has 2 aliphatic heterocycles. The number of aliphatic hydroxyl groups excluding tert-OH is 4. The lowest BCUT2D eigenvalue weighted by atomic mass is 10.1. The number of hydrogen-bond donors (Lipinski definition) is 9. The maximum atomic E-state index is 12.9. The van der Waals surface area contributed by atoms with Gasteiger partial charge in [-0.3, -0.25) is 9.69 Å². The molecule has 2 aromatic heterocycles. The lowest BCUT2D eigenvalue weighted by molar-refractivity contribution is -0.131. The molecule has 0 bridgehead atoms. The molecule has 2 aromatic carbocycles. The number of sulfonamides is 1. The number of aromatic nitrogens is 4. The van der Waals surface area contributed by atoms with E-state index in [0.29, 0.717) is 37.1 Å². The fraction of sp³-hybridized carbons (Fsp3) is 0.412. The van der Waals surface area contributed by atoms with E-state index in [1.54, 1.807) is 4.57 Å². The van der Waals surface area contributed by atoms with E-state index >= 15 is 0 Å². The summed E-state index contributed by atoms with van der Waals surface area (Å²) in [5.74, 6) is -0.175. The van der Waals surface area contributed by atoms with Gasteiger partial charge in [-0.2, -0.15) is 9.97 Å². The number of aliphatic hydroxyl groups is 4. The summed E-state index contributed by atoms with van der Waals surface area (Å²) in [6, 6.07) is 9.69. The van der Waals surface area contributed by atoms with Crippen molar-refractivity contribution in [3.63, 3.8) is 0 Å². The maximum Gasteiger partial charge on any atom is 0.325 e. The number of urea groups is 2. The highest BCUT2D eigenvalue weighted by Gasteiger charge is 2.52. The normalized spacial score (nSPS) is 24.7. The molecule has 4 aromatic rings. The molecule has 1 aliphatic carbocycles. The van der Waals surface area contributed by atoms with E-state index < -0.39 is 71.0 Å². The summed E-state index contributed by atoms with van der Waals surface area (Å²) in [6.07, 6.45) is -0.602. The quantitative estimate of drug-likeness (QED) is 0.0767. The minimum Gasteiger partial charge on any atom is -0.394 e. The SMILES string of the molecule is NS(=O)(=O)c1ccc(NC(=O)N[C@@H]2CCN(c3nc(N[C@H](CO)Cc4ccccc4)c4ncn([C@@H]5C[C@H](N6C(=O)NC(CO)C6=O)[C@@H](O)[C@H]5O)c4n3)C2)cc1. The number of fused-ring (bicyclic) bond motifs is 1. The summed E-state index contributed by atoms with van der Waals surface area (Å²) in [7, 11) is -3.89. The third-order valence-corrected chi connectivity index (χ3v) is 11.0. The van der Waals surface area contributed by atoms with E-state index in [2.05, 4.69) is 26.3 Å². The molecule has 55 heavy (non-hydrogen) atoms. The fourth-order valence-corrected chi connectivity index (χ4v) is 7.80. The summed E-state index contributed by atoms with van der Waals surface area (Å²) in [4.78, 5) is 55.2. The largest absolute Gasteiger partial charge is 0.394 e. The lowest BCUT2D eigenvalue weighted by Gasteiger charge is -2.24. The molecule has 1 saturated carbocycles. The van der Waals surface area contributed by atoms with E-state index in [-0.39, 0.29) is 41.4 Å². The number of nitrogens with zero attached hydrogens (tertiary/aromatic N) is 6. The number of amides is 5. The Morgan fingerprint density at radius 1 is 1.02 bits per heavy atom. The molecule has 3 aliphatic rings. The number of imide groups is 1. The average Bonchev–Trinajstić information content (AvgIpc) is 3.93. The Morgan fingerprint density at radius 3 is 2.42 bits per heavy atom. The number of imidazole rings is 1. The summed E-state index contributed by atoms with van der Waals surface area (Å²) in [5.41, 5.74) is 1.90. The van der Waals surface area contributed by atoms with Gasteiger partial charge in [-0.1, -0.05) is 30.3 Å². The third-order valence-electron chi connectivity index (χ3n) is 10.1. The van der Waals surface area contributed by atoms with Crippen molar-refractivity contribution in [3.8, 4) is 0 Å². The predicted molar refractivity (Wildman–Crippen MR) is 196 cm³/mol. The second-order valence-electron chi connectivity index (χ2n) is 13.8. The first-order valence-electron chi connectivity index (χ1n) is 17.6. The van der Waals surface area contributed by atoms with Crippen LogP contribution in [-0.4, -0.2) is 134 Å². The first-order valence-corrected chi connectivity index (χ1v) is 19.1. The topological polar surface area (TPSA) is 290 Å². The first kappa shape index (κ1) is 37.8. The highest BCUT2D eigenvalue weighted by Crippen LogP contribution is 2.38. The highest BCUT2D eigenvalue weighted by molar-refractivity contribution is 7.89. The van der Waals surface area contributed by atoms with Gasteiger partial charge >= 0.3 is 12.1 Å². The van der Waals surface area contributed by atoms with Crippen molar-refractivity contribution in [3.05, 3.63) is 66.5 Å². The molecule has 7 atom stereocenters. The molecule has 7 rings (SSSR count). The minimum absolute atomic E-state index is 0.0456. The molecule has 1 unspecified atom stereocenters. The predicted octanol–water partition coefficient (Wildman–Crippen LogP) is -1.16. The van der Waals surface area contributed by atoms with Crippen LogP contribution in [0, 0.1) is 0 Å². The van der Waals surface area contributed by atoms with Crippen LogP contribution >= 0.6 is 0 Å². The monoisotopic (exact) mass is 779 g/mol. The van der Waals surface area contributed by atoms with Gasteiger partial charge in [0.1, 0.15) is 18.2 Å². The van der Waals surface area contributed by atoms with Crippen molar-refractivity contribution in [2.45, 2.75) is 66.6 Å². The van der Waals surface area contributed by atoms with Gasteiger partial charge in [0.25, 0.3) is 5.91 Å². The van der Waals surface area contributed by atoms with Gasteiger partial charge in [-0.25, -0.2) is 28.1 Å². The maximum absolute atomic E-state index is 12.9. The molecule has 0 radical (unpaired) electrons. The van der Waals surface area contributed by atoms with Gasteiger partial charge in [-0.05, 0) is 49.1 Å². The standard InChI is InChI=1S/C34H41N11O9S/c35-55(53,54)22-8-6-19(7-9-22)38-33(51)39-20-10-11-43(14-20)32-41-29(37-21(15-46)12-18-4-2-1-3-5-18)26-30(42-32)44(17-36-26)24-13-25(28(49)27(24)48)45-31(50)23(16-47)40-34(45)52/h1-9,17,20-21,23-25,27-28,46-49H,10-16H2,(H,40,52)(H2,35,53,54)(H,37,41,42)(H2,38,39,51)/t20-,21+,23?,24-,25+,27+,28-/m1/s1. The van der Waals surface area contributed by atoms with Crippen LogP contribution in [0.1, 0.15) is 24.4 Å². The highest BCUT2D eigenvalue weighted by atomic mass is 32.2. The Balaban J connectivity index is 1.15. The van der Waals surface area contributed by atoms with Crippen LogP contribution in [0.5, 0.6) is 0 Å². The Morgan fingerprint density at radius 2 is 1.75 bits per heavy atom. The van der Waals surface area contributed by atoms with Crippen LogP contribution in [0.25, 0.3) is 11.2 Å². The molecule has 5 amide bonds. The number of anilines is 3. The van der Waals surface area contributed by atoms with Crippen LogP contribution in [0.2, 0.25) is 0 Å². The van der Waals surface area contributed by atoms with Crippen molar-refractivity contribution < 1.29 is 43.2 Å². The third kappa shape index (κ3) is 7.74. The van der Waals surface area contributed by atoms with Crippen molar-refractivity contribution in [1.82, 2.24) is 35.1 Å². The van der Waals surface area contributed by atoms with E-state index in [1.807, 2.05) is 35.2 Å². The number of primary sulfonamides is 1. The summed E-state index contributed by atoms with van der Waals surface area (Å²) >= 11 is 0. The van der Waals surface area contributed by atoms with Gasteiger partial charge in [-0.15, -0.1) is 0 Å². The van der Waals surface area contributed by atoms with Crippen LogP contribution in [-0.2, 0) is 21.2 Å². The van der Waals surface area contributed by atoms with Crippen molar-refractivity contribution in [1.29, 1.82) is 0 Å². The summed E-state index contributed by atoms with van der Waals surface area (Å²) < 4.78 is 24.7. The van der Waals surface area contributed by atoms with Gasteiger partial charge in [0, 0.05) is 24.8 Å². The smallest absolute Gasteiger partial charge is 0.325 e. The van der Waals surface area contributed by atoms with Crippen LogP contribution < -0.4 is 31.3 Å². The zero-order chi connectivity index (χ0) is 39.0. The van der Waals surface area contributed by atoms with Gasteiger partial charge in [0.05, 0.1) is 42.6 Å². The van der Waals surface area contributed by atoms with Crippen molar-refractivity contribution in [2.24, 2.45) is 5.14 Å². The Kier molecular flexibility index (Phi) is 10.6. The van der Waals surface area contributed by atoms with Crippen LogP contribution in [0.15, 0.2) is 65.8 Å².